The van der Waals surface area contributed by atoms with Gasteiger partial charge in [0.25, 0.3) is 0 Å². The number of alkyl halides is 1. The van der Waals surface area contributed by atoms with E-state index in [0.29, 0.717) is 28.0 Å². The van der Waals surface area contributed by atoms with E-state index in [1.165, 1.54) is 13.8 Å². The first kappa shape index (κ1) is 29.1. The summed E-state index contributed by atoms with van der Waals surface area (Å²) < 4.78 is 21.8. The van der Waals surface area contributed by atoms with Crippen molar-refractivity contribution >= 4 is 46.7 Å². The lowest BCUT2D eigenvalue weighted by Crippen LogP contribution is -2.26. The summed E-state index contributed by atoms with van der Waals surface area (Å²) in [7, 11) is 0. The molecule has 9 heteroatoms. The number of halogens is 3. The smallest absolute Gasteiger partial charge is 0.303 e. The molecule has 0 unspecified atom stereocenters. The molecule has 0 amide bonds. The summed E-state index contributed by atoms with van der Waals surface area (Å²) in [6.07, 6.45) is -0.232. The van der Waals surface area contributed by atoms with Gasteiger partial charge in [-0.3, -0.25) is 9.59 Å². The second-order valence-corrected chi connectivity index (χ2v) is 9.69. The number of esters is 2. The lowest BCUT2D eigenvalue weighted by molar-refractivity contribution is -0.148. The van der Waals surface area contributed by atoms with E-state index in [1.54, 1.807) is 12.1 Å². The number of hydrogen-bond donors (Lipinski definition) is 0. The molecule has 2 rings (SSSR count). The van der Waals surface area contributed by atoms with Crippen LogP contribution in [0.4, 0.5) is 0 Å². The van der Waals surface area contributed by atoms with Crippen molar-refractivity contribution in [2.75, 3.05) is 19.1 Å². The van der Waals surface area contributed by atoms with E-state index in [1.807, 2.05) is 31.2 Å². The molecule has 6 nitrogen and oxygen atoms in total. The Balaban J connectivity index is 2.14. The molecular weight excluding hydrogens is 515 g/mol. The molecular formula is C26H31Cl3O6. The third-order valence-corrected chi connectivity index (χ3v) is 6.34. The minimum atomic E-state index is -0.611. The van der Waals surface area contributed by atoms with Crippen LogP contribution in [0.5, 0.6) is 11.5 Å². The highest BCUT2D eigenvalue weighted by molar-refractivity contribution is 6.37. The SMILES string of the molecule is CC[C@H](COc1ccc(C(C)(C)c2cc(Cl)c(OC[C@@H](CCl)OC(C)=O)c(Cl)c2)cc1)OC(C)=O. The molecule has 0 aliphatic carbocycles. The summed E-state index contributed by atoms with van der Waals surface area (Å²) in [5.74, 6) is 0.297. The highest BCUT2D eigenvalue weighted by atomic mass is 35.5. The van der Waals surface area contributed by atoms with Gasteiger partial charge >= 0.3 is 11.9 Å². The fourth-order valence-electron chi connectivity index (χ4n) is 3.37. The lowest BCUT2D eigenvalue weighted by atomic mass is 9.78. The monoisotopic (exact) mass is 544 g/mol. The predicted octanol–water partition coefficient (Wildman–Crippen LogP) is 6.59. The number of rotatable bonds is 12. The van der Waals surface area contributed by atoms with E-state index in [-0.39, 0.29) is 31.2 Å². The highest BCUT2D eigenvalue weighted by Crippen LogP contribution is 2.40. The number of hydrogen-bond acceptors (Lipinski definition) is 6. The van der Waals surface area contributed by atoms with Crippen LogP contribution in [0.15, 0.2) is 36.4 Å². The molecule has 0 radical (unpaired) electrons. The van der Waals surface area contributed by atoms with E-state index >= 15 is 0 Å². The third kappa shape index (κ3) is 8.48. The van der Waals surface area contributed by atoms with Gasteiger partial charge in [0.1, 0.15) is 31.2 Å². The maximum atomic E-state index is 11.2. The Kier molecular flexibility index (Phi) is 11.0. The van der Waals surface area contributed by atoms with Gasteiger partial charge < -0.3 is 18.9 Å². The summed E-state index contributed by atoms with van der Waals surface area (Å²) in [5, 5.41) is 0.681. The van der Waals surface area contributed by atoms with Crippen molar-refractivity contribution in [2.24, 2.45) is 0 Å². The largest absolute Gasteiger partial charge is 0.490 e. The van der Waals surface area contributed by atoms with Crippen molar-refractivity contribution in [3.8, 4) is 11.5 Å². The van der Waals surface area contributed by atoms with Crippen molar-refractivity contribution in [1.29, 1.82) is 0 Å². The molecule has 0 heterocycles. The first-order valence-corrected chi connectivity index (χ1v) is 12.5. The topological polar surface area (TPSA) is 71.1 Å². The number of ether oxygens (including phenoxy) is 4. The zero-order valence-electron chi connectivity index (χ0n) is 20.5. The normalized spacial score (nSPS) is 13.0. The Morgan fingerprint density at radius 3 is 1.86 bits per heavy atom. The second kappa shape index (κ2) is 13.2. The Morgan fingerprint density at radius 2 is 1.37 bits per heavy atom. The number of carbonyl (C=O) groups is 2. The van der Waals surface area contributed by atoms with Crippen molar-refractivity contribution in [2.45, 2.75) is 58.7 Å². The second-order valence-electron chi connectivity index (χ2n) is 8.57. The van der Waals surface area contributed by atoms with Gasteiger partial charge in [-0.2, -0.15) is 0 Å². The van der Waals surface area contributed by atoms with Crippen molar-refractivity contribution < 1.29 is 28.5 Å². The van der Waals surface area contributed by atoms with E-state index < -0.39 is 17.5 Å². The molecule has 192 valence electrons. The highest BCUT2D eigenvalue weighted by Gasteiger charge is 2.26. The van der Waals surface area contributed by atoms with Gasteiger partial charge in [0.15, 0.2) is 5.75 Å². The fraction of sp³-hybridized carbons (Fsp3) is 0.462. The third-order valence-electron chi connectivity index (χ3n) is 5.44. The van der Waals surface area contributed by atoms with E-state index in [9.17, 15) is 9.59 Å². The minimum absolute atomic E-state index is 0.0308. The quantitative estimate of drug-likeness (QED) is 0.221. The summed E-state index contributed by atoms with van der Waals surface area (Å²) >= 11 is 18.8. The van der Waals surface area contributed by atoms with Crippen LogP contribution in [0.3, 0.4) is 0 Å². The Bertz CT molecular complexity index is 984. The molecule has 35 heavy (non-hydrogen) atoms. The maximum absolute atomic E-state index is 11.2. The van der Waals surface area contributed by atoms with E-state index in [2.05, 4.69) is 13.8 Å². The van der Waals surface area contributed by atoms with Crippen LogP contribution in [-0.4, -0.2) is 43.2 Å². The van der Waals surface area contributed by atoms with Gasteiger partial charge in [0.05, 0.1) is 15.9 Å². The van der Waals surface area contributed by atoms with Crippen LogP contribution in [0.25, 0.3) is 0 Å². The molecule has 2 atom stereocenters. The van der Waals surface area contributed by atoms with Gasteiger partial charge in [-0.25, -0.2) is 0 Å². The lowest BCUT2D eigenvalue weighted by Gasteiger charge is -2.27. The van der Waals surface area contributed by atoms with Gasteiger partial charge in [-0.1, -0.05) is 56.1 Å². The van der Waals surface area contributed by atoms with Crippen LogP contribution in [0, 0.1) is 0 Å². The molecule has 0 aliphatic heterocycles. The number of benzene rings is 2. The first-order valence-electron chi connectivity index (χ1n) is 11.2. The average molecular weight is 546 g/mol. The summed E-state index contributed by atoms with van der Waals surface area (Å²) in [4.78, 5) is 22.3. The van der Waals surface area contributed by atoms with Crippen LogP contribution in [0.2, 0.25) is 10.0 Å². The number of carbonyl (C=O) groups excluding carboxylic acids is 2. The Hall–Kier alpha value is -2.15. The molecule has 0 aromatic heterocycles. The molecule has 0 fully saturated rings. The molecule has 0 saturated carbocycles. The average Bonchev–Trinajstić information content (AvgIpc) is 2.80. The van der Waals surface area contributed by atoms with Gasteiger partial charge in [-0.05, 0) is 41.8 Å². The zero-order valence-corrected chi connectivity index (χ0v) is 22.8. The molecule has 0 aliphatic rings. The van der Waals surface area contributed by atoms with E-state index in [0.717, 1.165) is 11.1 Å². The standard InChI is InChI=1S/C26H31Cl3O6/c1-6-20(34-16(2)30)14-32-21-9-7-18(8-10-21)26(4,5)19-11-23(28)25(24(29)12-19)33-15-22(13-27)35-17(3)31/h7-12,20,22H,6,13-15H2,1-5H3/t20-,22-/m1/s1. The molecule has 0 bridgehead atoms. The van der Waals surface area contributed by atoms with Gasteiger partial charge in [-0.15, -0.1) is 11.6 Å². The minimum Gasteiger partial charge on any atom is -0.490 e. The van der Waals surface area contributed by atoms with Crippen LogP contribution in [-0.2, 0) is 24.5 Å². The molecule has 0 saturated heterocycles. The fourth-order valence-corrected chi connectivity index (χ4v) is 4.12. The molecule has 0 spiro atoms. The van der Waals surface area contributed by atoms with Crippen molar-refractivity contribution in [3.63, 3.8) is 0 Å². The first-order chi connectivity index (χ1) is 16.5. The summed E-state index contributed by atoms with van der Waals surface area (Å²) in [5.41, 5.74) is 1.49. The summed E-state index contributed by atoms with van der Waals surface area (Å²) in [6, 6.07) is 11.3. The van der Waals surface area contributed by atoms with Gasteiger partial charge in [0.2, 0.25) is 0 Å². The summed E-state index contributed by atoms with van der Waals surface area (Å²) in [6.45, 7) is 9.06. The Morgan fingerprint density at radius 1 is 0.857 bits per heavy atom. The van der Waals surface area contributed by atoms with Crippen LogP contribution >= 0.6 is 34.8 Å². The van der Waals surface area contributed by atoms with Crippen molar-refractivity contribution in [1.82, 2.24) is 0 Å². The van der Waals surface area contributed by atoms with Gasteiger partial charge in [0, 0.05) is 19.3 Å². The van der Waals surface area contributed by atoms with Crippen LogP contribution in [0.1, 0.15) is 52.2 Å². The van der Waals surface area contributed by atoms with E-state index in [4.69, 9.17) is 53.8 Å². The molecule has 2 aromatic rings. The van der Waals surface area contributed by atoms with Crippen molar-refractivity contribution in [3.05, 3.63) is 57.6 Å². The maximum Gasteiger partial charge on any atom is 0.303 e. The predicted molar refractivity (Wildman–Crippen MR) is 138 cm³/mol. The van der Waals surface area contributed by atoms with Crippen LogP contribution < -0.4 is 9.47 Å². The zero-order chi connectivity index (χ0) is 26.2. The molecule has 2 aromatic carbocycles. The molecule has 0 N–H and O–H groups in total. The Labute approximate surface area is 221 Å².